The van der Waals surface area contributed by atoms with E-state index in [9.17, 15) is 0 Å². The maximum Gasteiger partial charge on any atom is 0.119 e. The van der Waals surface area contributed by atoms with Crippen molar-refractivity contribution in [3.63, 3.8) is 0 Å². The minimum absolute atomic E-state index is 0.379. The van der Waals surface area contributed by atoms with Crippen LogP contribution in [0.4, 0.5) is 0 Å². The van der Waals surface area contributed by atoms with Gasteiger partial charge in [-0.25, -0.2) is 0 Å². The summed E-state index contributed by atoms with van der Waals surface area (Å²) >= 11 is 1.83. The van der Waals surface area contributed by atoms with Crippen LogP contribution >= 0.6 is 11.3 Å². The Morgan fingerprint density at radius 1 is 1.10 bits per heavy atom. The molecule has 1 aromatic carbocycles. The van der Waals surface area contributed by atoms with Crippen LogP contribution in [0.3, 0.4) is 0 Å². The van der Waals surface area contributed by atoms with E-state index in [1.54, 1.807) is 0 Å². The molecule has 0 bridgehead atoms. The summed E-state index contributed by atoms with van der Waals surface area (Å²) in [5.41, 5.74) is 1.33. The van der Waals surface area contributed by atoms with Gasteiger partial charge in [-0.05, 0) is 48.5 Å². The van der Waals surface area contributed by atoms with Gasteiger partial charge in [0.2, 0.25) is 0 Å². The van der Waals surface area contributed by atoms with Crippen molar-refractivity contribution in [3.05, 3.63) is 52.2 Å². The standard InChI is InChI=1S/C18H25NOS/c1-3-11-19-18(14-17-6-5-13-21-17)15-7-9-16(10-8-15)20-12-4-2/h5-10,13,18-19H,3-4,11-12,14H2,1-2H3. The van der Waals surface area contributed by atoms with Crippen molar-refractivity contribution in [3.8, 4) is 5.75 Å². The van der Waals surface area contributed by atoms with E-state index >= 15 is 0 Å². The van der Waals surface area contributed by atoms with E-state index in [1.165, 1.54) is 10.4 Å². The van der Waals surface area contributed by atoms with Gasteiger partial charge in [-0.1, -0.05) is 32.0 Å². The van der Waals surface area contributed by atoms with Crippen molar-refractivity contribution in [2.75, 3.05) is 13.2 Å². The van der Waals surface area contributed by atoms with Gasteiger partial charge in [0, 0.05) is 17.3 Å². The first kappa shape index (κ1) is 16.1. The molecular formula is C18H25NOS. The number of hydrogen-bond donors (Lipinski definition) is 1. The van der Waals surface area contributed by atoms with Gasteiger partial charge in [0.05, 0.1) is 6.61 Å². The number of nitrogens with one attached hydrogen (secondary N) is 1. The monoisotopic (exact) mass is 303 g/mol. The van der Waals surface area contributed by atoms with Gasteiger partial charge >= 0.3 is 0 Å². The summed E-state index contributed by atoms with van der Waals surface area (Å²) < 4.78 is 5.66. The van der Waals surface area contributed by atoms with Gasteiger partial charge in [-0.3, -0.25) is 0 Å². The summed E-state index contributed by atoms with van der Waals surface area (Å²) in [6, 6.07) is 13.3. The first-order valence-corrected chi connectivity index (χ1v) is 8.70. The molecule has 3 heteroatoms. The summed E-state index contributed by atoms with van der Waals surface area (Å²) in [6.07, 6.45) is 3.24. The lowest BCUT2D eigenvalue weighted by Gasteiger charge is -2.19. The molecule has 2 nitrogen and oxygen atoms in total. The van der Waals surface area contributed by atoms with E-state index in [-0.39, 0.29) is 0 Å². The molecule has 21 heavy (non-hydrogen) atoms. The van der Waals surface area contributed by atoms with Crippen LogP contribution in [-0.2, 0) is 6.42 Å². The molecule has 114 valence electrons. The third-order valence-electron chi connectivity index (χ3n) is 3.38. The molecule has 1 atom stereocenters. The van der Waals surface area contributed by atoms with Crippen LogP contribution in [0.2, 0.25) is 0 Å². The maximum atomic E-state index is 5.66. The predicted molar refractivity (Wildman–Crippen MR) is 91.3 cm³/mol. The van der Waals surface area contributed by atoms with E-state index in [2.05, 4.69) is 60.9 Å². The van der Waals surface area contributed by atoms with Crippen LogP contribution in [-0.4, -0.2) is 13.2 Å². The minimum Gasteiger partial charge on any atom is -0.494 e. The fraction of sp³-hybridized carbons (Fsp3) is 0.444. The molecule has 0 fully saturated rings. The largest absolute Gasteiger partial charge is 0.494 e. The molecule has 0 radical (unpaired) electrons. The van der Waals surface area contributed by atoms with Crippen LogP contribution in [0, 0.1) is 0 Å². The molecule has 0 spiro atoms. The Bertz CT molecular complexity index is 492. The average molecular weight is 303 g/mol. The van der Waals surface area contributed by atoms with Crippen LogP contribution < -0.4 is 10.1 Å². The first-order valence-electron chi connectivity index (χ1n) is 7.82. The number of rotatable bonds is 9. The Morgan fingerprint density at radius 3 is 2.52 bits per heavy atom. The molecule has 2 aromatic rings. The fourth-order valence-corrected chi connectivity index (χ4v) is 3.02. The van der Waals surface area contributed by atoms with Crippen molar-refractivity contribution in [2.45, 2.75) is 39.2 Å². The highest BCUT2D eigenvalue weighted by Gasteiger charge is 2.12. The van der Waals surface area contributed by atoms with Crippen LogP contribution in [0.25, 0.3) is 0 Å². The highest BCUT2D eigenvalue weighted by atomic mass is 32.1. The predicted octanol–water partition coefficient (Wildman–Crippen LogP) is 4.82. The van der Waals surface area contributed by atoms with E-state index < -0.39 is 0 Å². The van der Waals surface area contributed by atoms with Crippen molar-refractivity contribution in [2.24, 2.45) is 0 Å². The van der Waals surface area contributed by atoms with Crippen LogP contribution in [0.15, 0.2) is 41.8 Å². The van der Waals surface area contributed by atoms with E-state index in [0.717, 1.165) is 38.2 Å². The summed E-state index contributed by atoms with van der Waals surface area (Å²) in [6.45, 7) is 6.16. The molecule has 2 rings (SSSR count). The molecule has 1 heterocycles. The van der Waals surface area contributed by atoms with Crippen molar-refractivity contribution in [1.29, 1.82) is 0 Å². The Labute approximate surface area is 132 Å². The maximum absolute atomic E-state index is 5.66. The molecule has 0 aliphatic rings. The summed E-state index contributed by atoms with van der Waals surface area (Å²) in [4.78, 5) is 1.43. The minimum atomic E-state index is 0.379. The van der Waals surface area contributed by atoms with Crippen molar-refractivity contribution >= 4 is 11.3 Å². The van der Waals surface area contributed by atoms with Gasteiger partial charge in [0.1, 0.15) is 5.75 Å². The van der Waals surface area contributed by atoms with Crippen molar-refractivity contribution in [1.82, 2.24) is 5.32 Å². The molecular weight excluding hydrogens is 278 g/mol. The quantitative estimate of drug-likeness (QED) is 0.717. The van der Waals surface area contributed by atoms with E-state index in [0.29, 0.717) is 6.04 Å². The van der Waals surface area contributed by atoms with E-state index in [1.807, 2.05) is 11.3 Å². The lowest BCUT2D eigenvalue weighted by Crippen LogP contribution is -2.23. The van der Waals surface area contributed by atoms with Gasteiger partial charge in [-0.2, -0.15) is 0 Å². The lowest BCUT2D eigenvalue weighted by atomic mass is 10.0. The normalized spacial score (nSPS) is 12.3. The molecule has 1 aromatic heterocycles. The van der Waals surface area contributed by atoms with Crippen LogP contribution in [0.5, 0.6) is 5.75 Å². The van der Waals surface area contributed by atoms with Gasteiger partial charge in [0.25, 0.3) is 0 Å². The number of hydrogen-bond acceptors (Lipinski definition) is 3. The zero-order chi connectivity index (χ0) is 14.9. The zero-order valence-corrected chi connectivity index (χ0v) is 13.8. The lowest BCUT2D eigenvalue weighted by molar-refractivity contribution is 0.317. The van der Waals surface area contributed by atoms with Gasteiger partial charge < -0.3 is 10.1 Å². The summed E-state index contributed by atoms with van der Waals surface area (Å²) in [5.74, 6) is 0.964. The smallest absolute Gasteiger partial charge is 0.119 e. The Morgan fingerprint density at radius 2 is 1.90 bits per heavy atom. The third-order valence-corrected chi connectivity index (χ3v) is 4.28. The fourth-order valence-electron chi connectivity index (χ4n) is 2.27. The van der Waals surface area contributed by atoms with Crippen molar-refractivity contribution < 1.29 is 4.74 Å². The summed E-state index contributed by atoms with van der Waals surface area (Å²) in [7, 11) is 0. The molecule has 0 aliphatic carbocycles. The van der Waals surface area contributed by atoms with E-state index in [4.69, 9.17) is 4.74 Å². The number of ether oxygens (including phenoxy) is 1. The molecule has 0 aliphatic heterocycles. The Hall–Kier alpha value is -1.32. The molecule has 0 amide bonds. The summed E-state index contributed by atoms with van der Waals surface area (Å²) in [5, 5.41) is 5.80. The second-order valence-corrected chi connectivity index (χ2v) is 6.24. The van der Waals surface area contributed by atoms with Gasteiger partial charge in [-0.15, -0.1) is 11.3 Å². The highest BCUT2D eigenvalue weighted by Crippen LogP contribution is 2.23. The Balaban J connectivity index is 2.04. The number of benzene rings is 1. The Kier molecular flexibility index (Phi) is 6.77. The van der Waals surface area contributed by atoms with Crippen LogP contribution in [0.1, 0.15) is 43.2 Å². The third kappa shape index (κ3) is 5.18. The first-order chi connectivity index (χ1) is 10.3. The molecule has 1 N–H and O–H groups in total. The molecule has 0 saturated carbocycles. The topological polar surface area (TPSA) is 21.3 Å². The average Bonchev–Trinajstić information content (AvgIpc) is 3.03. The SMILES string of the molecule is CCCNC(Cc1cccs1)c1ccc(OCCC)cc1. The number of thiophene rings is 1. The molecule has 0 saturated heterocycles. The zero-order valence-electron chi connectivity index (χ0n) is 13.0. The second-order valence-electron chi connectivity index (χ2n) is 5.21. The highest BCUT2D eigenvalue weighted by molar-refractivity contribution is 7.09. The van der Waals surface area contributed by atoms with Gasteiger partial charge in [0.15, 0.2) is 0 Å². The second kappa shape index (κ2) is 8.85. The molecule has 1 unspecified atom stereocenters.